The topological polar surface area (TPSA) is 84.5 Å². The summed E-state index contributed by atoms with van der Waals surface area (Å²) in [5.74, 6) is 0.123. The molecule has 0 saturated carbocycles. The smallest absolute Gasteiger partial charge is 0.241 e. The number of rotatable bonds is 6. The number of methoxy groups -OCH3 is 1. The minimum Gasteiger partial charge on any atom is -0.497 e. The summed E-state index contributed by atoms with van der Waals surface area (Å²) in [5.41, 5.74) is 1.56. The van der Waals surface area contributed by atoms with Gasteiger partial charge in [0.05, 0.1) is 18.6 Å². The molecule has 0 atom stereocenters. The third kappa shape index (κ3) is 4.54. The van der Waals surface area contributed by atoms with Crippen LogP contribution in [-0.4, -0.2) is 28.0 Å². The second kappa shape index (κ2) is 7.26. The fraction of sp³-hybridized carbons (Fsp3) is 0.188. The maximum absolute atomic E-state index is 12.1. The normalized spacial score (nSPS) is 11.0. The second-order valence-corrected chi connectivity index (χ2v) is 6.63. The van der Waals surface area contributed by atoms with Crippen LogP contribution in [0.1, 0.15) is 5.56 Å². The fourth-order valence-corrected chi connectivity index (χ4v) is 2.89. The van der Waals surface area contributed by atoms with Crippen molar-refractivity contribution < 1.29 is 17.9 Å². The summed E-state index contributed by atoms with van der Waals surface area (Å²) in [6, 6.07) is 13.2. The van der Waals surface area contributed by atoms with Crippen LogP contribution in [0.25, 0.3) is 0 Å². The predicted molar refractivity (Wildman–Crippen MR) is 88.0 cm³/mol. The van der Waals surface area contributed by atoms with Gasteiger partial charge in [0, 0.05) is 5.69 Å². The molecule has 0 spiro atoms. The Bertz CT molecular complexity index is 786. The zero-order chi connectivity index (χ0) is 16.9. The van der Waals surface area contributed by atoms with Gasteiger partial charge in [-0.2, -0.15) is 0 Å². The van der Waals surface area contributed by atoms with Crippen LogP contribution in [0, 0.1) is 6.92 Å². The largest absolute Gasteiger partial charge is 0.497 e. The Morgan fingerprint density at radius 3 is 2.35 bits per heavy atom. The Morgan fingerprint density at radius 2 is 1.74 bits per heavy atom. The third-order valence-electron chi connectivity index (χ3n) is 3.21. The minimum atomic E-state index is -3.75. The van der Waals surface area contributed by atoms with Crippen LogP contribution < -0.4 is 14.8 Å². The van der Waals surface area contributed by atoms with Gasteiger partial charge in [-0.05, 0) is 42.8 Å². The van der Waals surface area contributed by atoms with Crippen LogP contribution in [0.5, 0.6) is 5.75 Å². The van der Waals surface area contributed by atoms with Gasteiger partial charge in [0.15, 0.2) is 0 Å². The SMILES string of the molecule is COc1ccc(S(=O)(=O)NCC(=O)Nc2ccccc2C)cc1. The lowest BCUT2D eigenvalue weighted by Crippen LogP contribution is -2.33. The molecule has 0 fully saturated rings. The lowest BCUT2D eigenvalue weighted by atomic mass is 10.2. The number of sulfonamides is 1. The maximum atomic E-state index is 12.1. The number of hydrogen-bond donors (Lipinski definition) is 2. The van der Waals surface area contributed by atoms with E-state index in [1.807, 2.05) is 19.1 Å². The Labute approximate surface area is 135 Å². The molecule has 23 heavy (non-hydrogen) atoms. The molecule has 2 N–H and O–H groups in total. The Kier molecular flexibility index (Phi) is 5.36. The lowest BCUT2D eigenvalue weighted by Gasteiger charge is -2.10. The summed E-state index contributed by atoms with van der Waals surface area (Å²) >= 11 is 0. The van der Waals surface area contributed by atoms with E-state index >= 15 is 0 Å². The summed E-state index contributed by atoms with van der Waals surface area (Å²) in [6.45, 7) is 1.51. The van der Waals surface area contributed by atoms with Crippen molar-refractivity contribution in [2.75, 3.05) is 19.0 Å². The Hall–Kier alpha value is -2.38. The summed E-state index contributed by atoms with van der Waals surface area (Å²) in [5, 5.41) is 2.67. The number of amides is 1. The van der Waals surface area contributed by atoms with Crippen LogP contribution in [0.3, 0.4) is 0 Å². The molecule has 0 aliphatic rings. The number of anilines is 1. The van der Waals surface area contributed by atoms with E-state index in [0.717, 1.165) is 5.56 Å². The number of benzene rings is 2. The van der Waals surface area contributed by atoms with Gasteiger partial charge >= 0.3 is 0 Å². The highest BCUT2D eigenvalue weighted by atomic mass is 32.2. The van der Waals surface area contributed by atoms with Gasteiger partial charge in [-0.25, -0.2) is 13.1 Å². The molecule has 0 aliphatic heterocycles. The highest BCUT2D eigenvalue weighted by Gasteiger charge is 2.15. The lowest BCUT2D eigenvalue weighted by molar-refractivity contribution is -0.115. The standard InChI is InChI=1S/C16H18N2O4S/c1-12-5-3-4-6-15(12)18-16(19)11-17-23(20,21)14-9-7-13(22-2)8-10-14/h3-10,17H,11H2,1-2H3,(H,18,19). The Balaban J connectivity index is 1.98. The molecule has 0 radical (unpaired) electrons. The van der Waals surface area contributed by atoms with E-state index in [1.54, 1.807) is 24.3 Å². The summed E-state index contributed by atoms with van der Waals surface area (Å²) < 4.78 is 31.5. The molecule has 6 nitrogen and oxygen atoms in total. The van der Waals surface area contributed by atoms with E-state index in [2.05, 4.69) is 10.0 Å². The van der Waals surface area contributed by atoms with Gasteiger partial charge in [-0.15, -0.1) is 0 Å². The third-order valence-corrected chi connectivity index (χ3v) is 4.63. The van der Waals surface area contributed by atoms with Crippen molar-refractivity contribution in [1.82, 2.24) is 4.72 Å². The molecular weight excluding hydrogens is 316 g/mol. The van der Waals surface area contributed by atoms with Crippen LogP contribution in [-0.2, 0) is 14.8 Å². The highest BCUT2D eigenvalue weighted by Crippen LogP contribution is 2.15. The molecule has 7 heteroatoms. The van der Waals surface area contributed by atoms with E-state index < -0.39 is 15.9 Å². The molecule has 0 aliphatic carbocycles. The number of nitrogens with one attached hydrogen (secondary N) is 2. The Morgan fingerprint density at radius 1 is 1.09 bits per heavy atom. The van der Waals surface area contributed by atoms with Crippen molar-refractivity contribution in [3.05, 3.63) is 54.1 Å². The molecule has 2 rings (SSSR count). The van der Waals surface area contributed by atoms with Crippen molar-refractivity contribution in [2.45, 2.75) is 11.8 Å². The zero-order valence-electron chi connectivity index (χ0n) is 12.9. The van der Waals surface area contributed by atoms with Gasteiger partial charge in [0.25, 0.3) is 0 Å². The fourth-order valence-electron chi connectivity index (χ4n) is 1.91. The van der Waals surface area contributed by atoms with E-state index in [4.69, 9.17) is 4.74 Å². The first-order valence-corrected chi connectivity index (χ1v) is 8.40. The second-order valence-electron chi connectivity index (χ2n) is 4.86. The molecule has 0 saturated heterocycles. The molecule has 122 valence electrons. The van der Waals surface area contributed by atoms with Crippen LogP contribution >= 0.6 is 0 Å². The molecule has 0 bridgehead atoms. The monoisotopic (exact) mass is 334 g/mol. The summed E-state index contributed by atoms with van der Waals surface area (Å²) in [7, 11) is -2.25. The van der Waals surface area contributed by atoms with Gasteiger partial charge in [0.1, 0.15) is 5.75 Å². The number of carbonyl (C=O) groups excluding carboxylic acids is 1. The number of carbonyl (C=O) groups is 1. The molecule has 1 amide bonds. The number of ether oxygens (including phenoxy) is 1. The molecular formula is C16H18N2O4S. The average molecular weight is 334 g/mol. The van der Waals surface area contributed by atoms with E-state index in [-0.39, 0.29) is 11.4 Å². The summed E-state index contributed by atoms with van der Waals surface area (Å²) in [4.78, 5) is 12.0. The molecule has 0 aromatic heterocycles. The first-order valence-electron chi connectivity index (χ1n) is 6.91. The maximum Gasteiger partial charge on any atom is 0.241 e. The first-order chi connectivity index (χ1) is 10.9. The average Bonchev–Trinajstić information content (AvgIpc) is 2.55. The molecule has 0 heterocycles. The van der Waals surface area contributed by atoms with Crippen molar-refractivity contribution in [3.63, 3.8) is 0 Å². The number of para-hydroxylation sites is 1. The molecule has 2 aromatic carbocycles. The van der Waals surface area contributed by atoms with Crippen LogP contribution in [0.4, 0.5) is 5.69 Å². The summed E-state index contributed by atoms with van der Waals surface area (Å²) in [6.07, 6.45) is 0. The molecule has 2 aromatic rings. The van der Waals surface area contributed by atoms with E-state index in [1.165, 1.54) is 19.2 Å². The molecule has 0 unspecified atom stereocenters. The minimum absolute atomic E-state index is 0.0713. The van der Waals surface area contributed by atoms with E-state index in [9.17, 15) is 13.2 Å². The predicted octanol–water partition coefficient (Wildman–Crippen LogP) is 1.92. The zero-order valence-corrected chi connectivity index (χ0v) is 13.7. The van der Waals surface area contributed by atoms with Crippen molar-refractivity contribution in [1.29, 1.82) is 0 Å². The van der Waals surface area contributed by atoms with Gasteiger partial charge in [-0.1, -0.05) is 18.2 Å². The number of aryl methyl sites for hydroxylation is 1. The van der Waals surface area contributed by atoms with Crippen LogP contribution in [0.15, 0.2) is 53.4 Å². The van der Waals surface area contributed by atoms with Crippen LogP contribution in [0.2, 0.25) is 0 Å². The first kappa shape index (κ1) is 17.0. The van der Waals surface area contributed by atoms with Gasteiger partial charge < -0.3 is 10.1 Å². The quantitative estimate of drug-likeness (QED) is 0.845. The van der Waals surface area contributed by atoms with Crippen molar-refractivity contribution in [3.8, 4) is 5.75 Å². The number of hydrogen-bond acceptors (Lipinski definition) is 4. The highest BCUT2D eigenvalue weighted by molar-refractivity contribution is 7.89. The van der Waals surface area contributed by atoms with Gasteiger partial charge in [-0.3, -0.25) is 4.79 Å². The van der Waals surface area contributed by atoms with Gasteiger partial charge in [0.2, 0.25) is 15.9 Å². The van der Waals surface area contributed by atoms with Crippen molar-refractivity contribution in [2.24, 2.45) is 0 Å². The van der Waals surface area contributed by atoms with E-state index in [0.29, 0.717) is 11.4 Å². The van der Waals surface area contributed by atoms with Crippen molar-refractivity contribution >= 4 is 21.6 Å².